The van der Waals surface area contributed by atoms with Gasteiger partial charge in [-0.3, -0.25) is 4.79 Å². The zero-order chi connectivity index (χ0) is 20.1. The van der Waals surface area contributed by atoms with Crippen LogP contribution < -0.4 is 10.1 Å². The van der Waals surface area contributed by atoms with Crippen LogP contribution in [0.5, 0.6) is 5.75 Å². The minimum Gasteiger partial charge on any atom is -0.487 e. The molecule has 28 heavy (non-hydrogen) atoms. The Labute approximate surface area is 167 Å². The van der Waals surface area contributed by atoms with Crippen molar-refractivity contribution in [2.75, 3.05) is 12.4 Å². The van der Waals surface area contributed by atoms with Gasteiger partial charge in [-0.15, -0.1) is 11.3 Å². The van der Waals surface area contributed by atoms with Gasteiger partial charge >= 0.3 is 5.97 Å². The summed E-state index contributed by atoms with van der Waals surface area (Å²) in [5.41, 5.74) is 2.92. The summed E-state index contributed by atoms with van der Waals surface area (Å²) < 4.78 is 10.5. The fourth-order valence-corrected chi connectivity index (χ4v) is 3.25. The van der Waals surface area contributed by atoms with Crippen LogP contribution in [0.2, 0.25) is 0 Å². The van der Waals surface area contributed by atoms with Crippen LogP contribution in [0.15, 0.2) is 47.8 Å². The monoisotopic (exact) mass is 396 g/mol. The summed E-state index contributed by atoms with van der Waals surface area (Å²) >= 11 is 1.57. The number of aryl methyl sites for hydroxylation is 1. The number of aromatic nitrogens is 1. The van der Waals surface area contributed by atoms with Gasteiger partial charge in [0, 0.05) is 16.6 Å². The van der Waals surface area contributed by atoms with E-state index in [1.165, 1.54) is 7.11 Å². The van der Waals surface area contributed by atoms with Crippen LogP contribution in [0, 0.1) is 13.8 Å². The van der Waals surface area contributed by atoms with Crippen molar-refractivity contribution in [3.05, 3.63) is 75.2 Å². The van der Waals surface area contributed by atoms with Crippen LogP contribution in [0.25, 0.3) is 0 Å². The highest BCUT2D eigenvalue weighted by Gasteiger charge is 2.14. The van der Waals surface area contributed by atoms with Crippen molar-refractivity contribution < 1.29 is 19.1 Å². The van der Waals surface area contributed by atoms with Crippen molar-refractivity contribution >= 4 is 28.9 Å². The highest BCUT2D eigenvalue weighted by Crippen LogP contribution is 2.22. The Morgan fingerprint density at radius 1 is 1.14 bits per heavy atom. The van der Waals surface area contributed by atoms with Gasteiger partial charge in [-0.05, 0) is 49.7 Å². The van der Waals surface area contributed by atoms with E-state index in [-0.39, 0.29) is 5.91 Å². The van der Waals surface area contributed by atoms with Gasteiger partial charge in [0.05, 0.1) is 23.4 Å². The molecule has 0 unspecified atom stereocenters. The summed E-state index contributed by atoms with van der Waals surface area (Å²) in [5.74, 6) is -0.153. The molecule has 0 atom stereocenters. The minimum atomic E-state index is -0.443. The van der Waals surface area contributed by atoms with E-state index in [1.54, 1.807) is 60.7 Å². The van der Waals surface area contributed by atoms with Crippen LogP contribution in [-0.4, -0.2) is 24.0 Å². The predicted octanol–water partition coefficient (Wildman–Crippen LogP) is 4.38. The molecule has 7 heteroatoms. The first kappa shape index (κ1) is 19.6. The van der Waals surface area contributed by atoms with E-state index in [9.17, 15) is 9.59 Å². The molecule has 0 aliphatic rings. The molecule has 3 aromatic rings. The number of nitrogens with one attached hydrogen (secondary N) is 1. The molecule has 1 aromatic heterocycles. The average molecular weight is 396 g/mol. The molecule has 0 bridgehead atoms. The summed E-state index contributed by atoms with van der Waals surface area (Å²) in [5, 5.41) is 5.77. The van der Waals surface area contributed by atoms with Crippen molar-refractivity contribution in [2.45, 2.75) is 20.5 Å². The zero-order valence-electron chi connectivity index (χ0n) is 15.8. The quantitative estimate of drug-likeness (QED) is 0.626. The second-order valence-corrected chi connectivity index (χ2v) is 7.16. The summed E-state index contributed by atoms with van der Waals surface area (Å²) in [4.78, 5) is 28.8. The molecule has 0 saturated heterocycles. The second kappa shape index (κ2) is 8.67. The molecule has 2 aromatic carbocycles. The van der Waals surface area contributed by atoms with E-state index in [4.69, 9.17) is 9.47 Å². The van der Waals surface area contributed by atoms with Crippen molar-refractivity contribution in [3.8, 4) is 5.75 Å². The SMILES string of the molecule is COC(=O)c1cccc(NC(=O)c2cccc(OCc3csc(C)n3)c2)c1C. The van der Waals surface area contributed by atoms with Crippen LogP contribution in [-0.2, 0) is 11.3 Å². The smallest absolute Gasteiger partial charge is 0.338 e. The Hall–Kier alpha value is -3.19. The molecule has 0 fully saturated rings. The number of carbonyl (C=O) groups is 2. The third-order valence-electron chi connectivity index (χ3n) is 4.14. The molecule has 1 amide bonds. The number of rotatable bonds is 6. The molecule has 0 aliphatic heterocycles. The van der Waals surface area contributed by atoms with Gasteiger partial charge in [0.2, 0.25) is 0 Å². The lowest BCUT2D eigenvalue weighted by molar-refractivity contribution is 0.0599. The molecule has 1 N–H and O–H groups in total. The maximum atomic E-state index is 12.7. The first-order valence-corrected chi connectivity index (χ1v) is 9.49. The van der Waals surface area contributed by atoms with Crippen molar-refractivity contribution in [3.63, 3.8) is 0 Å². The van der Waals surface area contributed by atoms with Crippen molar-refractivity contribution in [1.82, 2.24) is 4.98 Å². The van der Waals surface area contributed by atoms with Gasteiger partial charge in [0.1, 0.15) is 12.4 Å². The maximum absolute atomic E-state index is 12.7. The Balaban J connectivity index is 1.72. The molecule has 0 spiro atoms. The number of ether oxygens (including phenoxy) is 2. The fourth-order valence-electron chi connectivity index (χ4n) is 2.66. The van der Waals surface area contributed by atoms with Gasteiger partial charge in [0.15, 0.2) is 0 Å². The lowest BCUT2D eigenvalue weighted by Gasteiger charge is -2.12. The topological polar surface area (TPSA) is 77.5 Å². The maximum Gasteiger partial charge on any atom is 0.338 e. The number of amides is 1. The van der Waals surface area contributed by atoms with Gasteiger partial charge in [-0.25, -0.2) is 9.78 Å². The Morgan fingerprint density at radius 2 is 1.93 bits per heavy atom. The second-order valence-electron chi connectivity index (χ2n) is 6.10. The van der Waals surface area contributed by atoms with E-state index in [2.05, 4.69) is 10.3 Å². The number of thiazole rings is 1. The molecular weight excluding hydrogens is 376 g/mol. The first-order valence-electron chi connectivity index (χ1n) is 8.61. The summed E-state index contributed by atoms with van der Waals surface area (Å²) in [6.45, 7) is 4.04. The van der Waals surface area contributed by atoms with Crippen LogP contribution in [0.3, 0.4) is 0 Å². The normalized spacial score (nSPS) is 10.4. The lowest BCUT2D eigenvalue weighted by atomic mass is 10.1. The van der Waals surface area contributed by atoms with E-state index in [0.717, 1.165) is 10.7 Å². The molecule has 3 rings (SSSR count). The molecule has 0 radical (unpaired) electrons. The van der Waals surface area contributed by atoms with Crippen molar-refractivity contribution in [1.29, 1.82) is 0 Å². The van der Waals surface area contributed by atoms with Crippen molar-refractivity contribution in [2.24, 2.45) is 0 Å². The van der Waals surface area contributed by atoms with Gasteiger partial charge < -0.3 is 14.8 Å². The molecular formula is C21H20N2O4S. The Morgan fingerprint density at radius 3 is 2.64 bits per heavy atom. The average Bonchev–Trinajstić information content (AvgIpc) is 3.13. The number of anilines is 1. The third-order valence-corrected chi connectivity index (χ3v) is 4.96. The molecule has 6 nitrogen and oxygen atoms in total. The van der Waals surface area contributed by atoms with E-state index in [0.29, 0.717) is 34.7 Å². The molecule has 0 saturated carbocycles. The van der Waals surface area contributed by atoms with Crippen LogP contribution in [0.4, 0.5) is 5.69 Å². The Kier molecular flexibility index (Phi) is 6.06. The number of hydrogen-bond acceptors (Lipinski definition) is 6. The van der Waals surface area contributed by atoms with E-state index in [1.807, 2.05) is 12.3 Å². The number of benzene rings is 2. The molecule has 1 heterocycles. The highest BCUT2D eigenvalue weighted by atomic mass is 32.1. The highest BCUT2D eigenvalue weighted by molar-refractivity contribution is 7.09. The summed E-state index contributed by atoms with van der Waals surface area (Å²) in [7, 11) is 1.32. The number of methoxy groups -OCH3 is 1. The minimum absolute atomic E-state index is 0.292. The van der Waals surface area contributed by atoms with E-state index >= 15 is 0 Å². The molecule has 0 aliphatic carbocycles. The fraction of sp³-hybridized carbons (Fsp3) is 0.190. The van der Waals surface area contributed by atoms with E-state index < -0.39 is 5.97 Å². The predicted molar refractivity (Wildman–Crippen MR) is 108 cm³/mol. The van der Waals surface area contributed by atoms with Crippen LogP contribution in [0.1, 0.15) is 37.0 Å². The summed E-state index contributed by atoms with van der Waals surface area (Å²) in [6, 6.07) is 12.0. The number of carbonyl (C=O) groups excluding carboxylic acids is 2. The standard InChI is InChI=1S/C21H20N2O4S/c1-13-18(21(25)26-3)8-5-9-19(13)23-20(24)15-6-4-7-17(10-15)27-11-16-12-28-14(2)22-16/h4-10,12H,11H2,1-3H3,(H,23,24). The third kappa shape index (κ3) is 4.55. The molecule has 144 valence electrons. The number of hydrogen-bond donors (Lipinski definition) is 1. The largest absolute Gasteiger partial charge is 0.487 e. The number of esters is 1. The van der Waals surface area contributed by atoms with Gasteiger partial charge in [-0.1, -0.05) is 12.1 Å². The number of nitrogens with zero attached hydrogens (tertiary/aromatic N) is 1. The first-order chi connectivity index (χ1) is 13.5. The van der Waals surface area contributed by atoms with Gasteiger partial charge in [-0.2, -0.15) is 0 Å². The summed E-state index contributed by atoms with van der Waals surface area (Å²) in [6.07, 6.45) is 0. The lowest BCUT2D eigenvalue weighted by Crippen LogP contribution is -2.14. The Bertz CT molecular complexity index is 1010. The van der Waals surface area contributed by atoms with Crippen LogP contribution >= 0.6 is 11.3 Å². The van der Waals surface area contributed by atoms with Gasteiger partial charge in [0.25, 0.3) is 5.91 Å². The zero-order valence-corrected chi connectivity index (χ0v) is 16.6.